The first-order valence-corrected chi connectivity index (χ1v) is 5.12. The molecule has 0 spiro atoms. The van der Waals surface area contributed by atoms with Gasteiger partial charge < -0.3 is 0 Å². The number of rotatable bonds is 2. The summed E-state index contributed by atoms with van der Waals surface area (Å²) in [6, 6.07) is 0. The van der Waals surface area contributed by atoms with Crippen LogP contribution in [0.3, 0.4) is 0 Å². The zero-order chi connectivity index (χ0) is 11.1. The fourth-order valence-electron chi connectivity index (χ4n) is 0.496. The lowest BCUT2D eigenvalue weighted by Gasteiger charge is -2.10. The van der Waals surface area contributed by atoms with E-state index in [0.29, 0.717) is 3.97 Å². The van der Waals surface area contributed by atoms with Gasteiger partial charge in [0.05, 0.1) is 7.54 Å². The highest BCUT2D eigenvalue weighted by atomic mass is 79.9. The first-order valence-electron chi connectivity index (χ1n) is 3.93. The quantitative estimate of drug-likeness (QED) is 0.764. The van der Waals surface area contributed by atoms with Gasteiger partial charge in [0.15, 0.2) is 0 Å². The van der Waals surface area contributed by atoms with Crippen molar-refractivity contribution in [3.05, 3.63) is 17.1 Å². The van der Waals surface area contributed by atoms with Crippen LogP contribution in [0, 0.1) is 0 Å². The Morgan fingerprint density at radius 3 is 2.67 bits per heavy atom. The zero-order valence-electron chi connectivity index (χ0n) is 8.44. The van der Waals surface area contributed by atoms with Gasteiger partial charge in [-0.15, -0.1) is 0 Å². The van der Waals surface area contributed by atoms with Gasteiger partial charge in [-0.3, -0.25) is 0 Å². The first-order chi connectivity index (χ1) is 6.28. The van der Waals surface area contributed by atoms with Crippen LogP contribution in [-0.4, -0.2) is 35.8 Å². The van der Waals surface area contributed by atoms with E-state index in [1.54, 1.807) is 0 Å². The fraction of sp³-hybridized carbons (Fsp3) is 0.400. The third-order valence-corrected chi connectivity index (χ3v) is 3.04. The summed E-state index contributed by atoms with van der Waals surface area (Å²) in [5.41, 5.74) is 0. The molecule has 0 aliphatic carbocycles. The standard InChI is InChI=1S/C5H8BrN3O2S/c1-8(2)12(10,11)9-3-5(6)7-4-9/h3-4H,1-2H3/i3D,4D. The topological polar surface area (TPSA) is 55.2 Å². The van der Waals surface area contributed by atoms with E-state index in [0.717, 1.165) is 4.31 Å². The molecule has 0 saturated heterocycles. The van der Waals surface area contributed by atoms with E-state index in [9.17, 15) is 8.42 Å². The van der Waals surface area contributed by atoms with E-state index in [2.05, 4.69) is 20.9 Å². The molecule has 12 heavy (non-hydrogen) atoms. The van der Waals surface area contributed by atoms with Gasteiger partial charge in [-0.1, -0.05) is 0 Å². The fourth-order valence-corrected chi connectivity index (χ4v) is 1.54. The second kappa shape index (κ2) is 3.15. The number of aromatic nitrogens is 2. The second-order valence-electron chi connectivity index (χ2n) is 2.17. The summed E-state index contributed by atoms with van der Waals surface area (Å²) in [5.74, 6) is 0. The Hall–Kier alpha value is -0.400. The summed E-state index contributed by atoms with van der Waals surface area (Å²) >= 11 is 2.89. The van der Waals surface area contributed by atoms with Crippen LogP contribution in [-0.2, 0) is 10.2 Å². The molecular weight excluding hydrogens is 246 g/mol. The monoisotopic (exact) mass is 255 g/mol. The van der Waals surface area contributed by atoms with Crippen molar-refractivity contribution in [3.63, 3.8) is 0 Å². The van der Waals surface area contributed by atoms with Gasteiger partial charge in [0.1, 0.15) is 12.3 Å². The molecule has 1 aromatic heterocycles. The molecule has 0 aliphatic heterocycles. The van der Waals surface area contributed by atoms with Crippen molar-refractivity contribution in [2.75, 3.05) is 14.1 Å². The summed E-state index contributed by atoms with van der Waals surface area (Å²) < 4.78 is 39.3. The molecule has 1 aromatic rings. The maximum Gasteiger partial charge on any atom is 0.308 e. The molecule has 68 valence electrons. The number of hydrogen-bond donors (Lipinski definition) is 0. The Morgan fingerprint density at radius 1 is 1.75 bits per heavy atom. The molecule has 5 nitrogen and oxygen atoms in total. The molecule has 0 N–H and O–H groups in total. The van der Waals surface area contributed by atoms with Crippen LogP contribution in [0.1, 0.15) is 2.74 Å². The minimum atomic E-state index is -3.83. The van der Waals surface area contributed by atoms with Gasteiger partial charge in [0, 0.05) is 14.1 Å². The Kier molecular flexibility index (Phi) is 1.85. The Balaban J connectivity index is 3.48. The number of imidazole rings is 1. The molecule has 0 unspecified atom stereocenters. The molecule has 0 saturated carbocycles. The third kappa shape index (κ3) is 1.67. The predicted molar refractivity (Wildman–Crippen MR) is 47.9 cm³/mol. The van der Waals surface area contributed by atoms with Gasteiger partial charge in [-0.05, 0) is 15.9 Å². The minimum Gasteiger partial charge on any atom is -0.229 e. The van der Waals surface area contributed by atoms with Gasteiger partial charge in [-0.2, -0.15) is 12.7 Å². The lowest BCUT2D eigenvalue weighted by atomic mass is 11.0. The molecule has 0 aromatic carbocycles. The van der Waals surface area contributed by atoms with Gasteiger partial charge >= 0.3 is 10.2 Å². The van der Waals surface area contributed by atoms with Crippen LogP contribution < -0.4 is 0 Å². The normalized spacial score (nSPS) is 14.7. The van der Waals surface area contributed by atoms with Crippen LogP contribution in [0.2, 0.25) is 0 Å². The van der Waals surface area contributed by atoms with Crippen molar-refractivity contribution in [1.29, 1.82) is 0 Å². The van der Waals surface area contributed by atoms with Gasteiger partial charge in [-0.25, -0.2) is 8.96 Å². The molecule has 0 fully saturated rings. The van der Waals surface area contributed by atoms with Crippen molar-refractivity contribution in [1.82, 2.24) is 13.3 Å². The van der Waals surface area contributed by atoms with E-state index in [1.165, 1.54) is 14.1 Å². The van der Waals surface area contributed by atoms with E-state index < -0.39 is 16.5 Å². The van der Waals surface area contributed by atoms with E-state index in [1.807, 2.05) is 0 Å². The Bertz CT molecular complexity index is 456. The van der Waals surface area contributed by atoms with Gasteiger partial charge in [0.2, 0.25) is 0 Å². The van der Waals surface area contributed by atoms with E-state index in [4.69, 9.17) is 2.74 Å². The van der Waals surface area contributed by atoms with Crippen molar-refractivity contribution < 1.29 is 11.2 Å². The first kappa shape index (κ1) is 7.05. The summed E-state index contributed by atoms with van der Waals surface area (Å²) in [4.78, 5) is 3.51. The smallest absolute Gasteiger partial charge is 0.229 e. The van der Waals surface area contributed by atoms with Crippen molar-refractivity contribution in [3.8, 4) is 0 Å². The lowest BCUT2D eigenvalue weighted by Crippen LogP contribution is -2.27. The average molecular weight is 256 g/mol. The molecule has 0 amide bonds. The molecule has 0 aliphatic rings. The number of nitrogens with zero attached hydrogens (tertiary/aromatic N) is 3. The summed E-state index contributed by atoms with van der Waals surface area (Å²) in [6.07, 6.45) is -0.848. The van der Waals surface area contributed by atoms with Crippen LogP contribution >= 0.6 is 15.9 Å². The highest BCUT2D eigenvalue weighted by molar-refractivity contribution is 9.10. The summed E-state index contributed by atoms with van der Waals surface area (Å²) in [5, 5.41) is 0. The number of halogens is 1. The Labute approximate surface area is 82.1 Å². The Morgan fingerprint density at radius 2 is 2.33 bits per heavy atom. The maximum absolute atomic E-state index is 11.6. The van der Waals surface area contributed by atoms with Crippen LogP contribution in [0.25, 0.3) is 0 Å². The molecule has 7 heteroatoms. The SMILES string of the molecule is [2H]c1nc(Br)c([2H])n1S(=O)(=O)N(C)C. The van der Waals surface area contributed by atoms with Gasteiger partial charge in [0.25, 0.3) is 0 Å². The van der Waals surface area contributed by atoms with Crippen LogP contribution in [0.5, 0.6) is 0 Å². The van der Waals surface area contributed by atoms with Crippen molar-refractivity contribution in [2.24, 2.45) is 0 Å². The van der Waals surface area contributed by atoms with Crippen molar-refractivity contribution >= 4 is 26.1 Å². The molecular formula is C5H8BrN3O2S. The largest absolute Gasteiger partial charge is 0.308 e. The molecule has 0 radical (unpaired) electrons. The predicted octanol–water partition coefficient (Wildman–Crippen LogP) is 0.300. The highest BCUT2D eigenvalue weighted by Gasteiger charge is 2.15. The lowest BCUT2D eigenvalue weighted by molar-refractivity contribution is 0.510. The second-order valence-corrected chi connectivity index (χ2v) is 4.91. The molecule has 1 rings (SSSR count). The van der Waals surface area contributed by atoms with E-state index in [-0.39, 0.29) is 10.8 Å². The molecule has 0 atom stereocenters. The van der Waals surface area contributed by atoms with Crippen molar-refractivity contribution in [2.45, 2.75) is 0 Å². The maximum atomic E-state index is 11.6. The number of hydrogen-bond acceptors (Lipinski definition) is 3. The van der Waals surface area contributed by atoms with Crippen LogP contribution in [0.4, 0.5) is 0 Å². The average Bonchev–Trinajstić information content (AvgIpc) is 2.26. The summed E-state index contributed by atoms with van der Waals surface area (Å²) in [7, 11) is -1.19. The van der Waals surface area contributed by atoms with Crippen LogP contribution in [0.15, 0.2) is 17.1 Å². The minimum absolute atomic E-state index is 0.0351. The summed E-state index contributed by atoms with van der Waals surface area (Å²) in [6.45, 7) is 0. The third-order valence-electron chi connectivity index (χ3n) is 1.12. The molecule has 0 bridgehead atoms. The highest BCUT2D eigenvalue weighted by Crippen LogP contribution is 2.08. The molecule has 1 heterocycles. The van der Waals surface area contributed by atoms with E-state index >= 15 is 0 Å². The zero-order valence-corrected chi connectivity index (χ0v) is 8.85.